The molecule has 1 unspecified atom stereocenters. The highest BCUT2D eigenvalue weighted by Crippen LogP contribution is 2.23. The zero-order valence-electron chi connectivity index (χ0n) is 13.2. The van der Waals surface area contributed by atoms with Gasteiger partial charge in [0.15, 0.2) is 0 Å². The van der Waals surface area contributed by atoms with Crippen LogP contribution in [-0.2, 0) is 10.0 Å². The average Bonchev–Trinajstić information content (AvgIpc) is 2.46. The van der Waals surface area contributed by atoms with Crippen LogP contribution in [0.5, 0.6) is 0 Å². The molecule has 0 amide bonds. The summed E-state index contributed by atoms with van der Waals surface area (Å²) in [5.74, 6) is 0.386. The molecule has 1 aromatic rings. The number of rotatable bonds is 4. The molecule has 0 aliphatic carbocycles. The number of benzene rings is 1. The van der Waals surface area contributed by atoms with Crippen LogP contribution in [0.2, 0.25) is 0 Å². The van der Waals surface area contributed by atoms with Crippen molar-refractivity contribution < 1.29 is 8.42 Å². The standard InChI is InChI=1S/C16H26N2O2S/c1-16(2,3)17-12-14-8-7-11-18(13-14)21(19,20)15-9-5-4-6-10-15/h4-6,9-10,14,17H,7-8,11-13H2,1-3H3. The molecule has 0 radical (unpaired) electrons. The van der Waals surface area contributed by atoms with Crippen LogP contribution in [0.15, 0.2) is 35.2 Å². The molecule has 21 heavy (non-hydrogen) atoms. The molecule has 0 spiro atoms. The molecule has 1 aliphatic rings. The van der Waals surface area contributed by atoms with Crippen LogP contribution in [0.4, 0.5) is 0 Å². The largest absolute Gasteiger partial charge is 0.312 e. The Balaban J connectivity index is 2.04. The van der Waals surface area contributed by atoms with Crippen molar-refractivity contribution in [1.82, 2.24) is 9.62 Å². The normalized spacial score (nSPS) is 21.4. The number of piperidine rings is 1. The van der Waals surface area contributed by atoms with Crippen molar-refractivity contribution in [1.29, 1.82) is 0 Å². The first-order chi connectivity index (χ1) is 9.79. The van der Waals surface area contributed by atoms with Crippen molar-refractivity contribution in [2.24, 2.45) is 5.92 Å². The van der Waals surface area contributed by atoms with Crippen molar-refractivity contribution in [3.8, 4) is 0 Å². The fourth-order valence-corrected chi connectivity index (χ4v) is 4.18. The van der Waals surface area contributed by atoms with Gasteiger partial charge in [-0.3, -0.25) is 0 Å². The van der Waals surface area contributed by atoms with E-state index in [0.29, 0.717) is 23.9 Å². The van der Waals surface area contributed by atoms with Crippen LogP contribution in [0.1, 0.15) is 33.6 Å². The van der Waals surface area contributed by atoms with E-state index in [9.17, 15) is 8.42 Å². The van der Waals surface area contributed by atoms with Gasteiger partial charge in [0.1, 0.15) is 0 Å². The summed E-state index contributed by atoms with van der Waals surface area (Å²) in [6.07, 6.45) is 2.02. The van der Waals surface area contributed by atoms with Crippen LogP contribution in [0.25, 0.3) is 0 Å². The SMILES string of the molecule is CC(C)(C)NCC1CCCN(S(=O)(=O)c2ccccc2)C1. The Morgan fingerprint density at radius 3 is 2.52 bits per heavy atom. The average molecular weight is 310 g/mol. The zero-order valence-corrected chi connectivity index (χ0v) is 14.0. The van der Waals surface area contributed by atoms with Gasteiger partial charge in [0.25, 0.3) is 0 Å². The molecule has 0 saturated carbocycles. The molecular formula is C16H26N2O2S. The summed E-state index contributed by atoms with van der Waals surface area (Å²) in [5, 5.41) is 3.48. The first-order valence-electron chi connectivity index (χ1n) is 7.59. The highest BCUT2D eigenvalue weighted by atomic mass is 32.2. The summed E-state index contributed by atoms with van der Waals surface area (Å²) in [6.45, 7) is 8.50. The molecule has 4 nitrogen and oxygen atoms in total. The second-order valence-electron chi connectivity index (χ2n) is 6.82. The van der Waals surface area contributed by atoms with Crippen molar-refractivity contribution in [3.63, 3.8) is 0 Å². The summed E-state index contributed by atoms with van der Waals surface area (Å²) < 4.78 is 26.9. The number of nitrogens with one attached hydrogen (secondary N) is 1. The molecular weight excluding hydrogens is 284 g/mol. The molecule has 5 heteroatoms. The highest BCUT2D eigenvalue weighted by molar-refractivity contribution is 7.89. The summed E-state index contributed by atoms with van der Waals surface area (Å²) in [5.41, 5.74) is 0.0700. The Morgan fingerprint density at radius 1 is 1.24 bits per heavy atom. The molecule has 118 valence electrons. The fraction of sp³-hybridized carbons (Fsp3) is 0.625. The predicted octanol–water partition coefficient (Wildman–Crippen LogP) is 2.48. The lowest BCUT2D eigenvalue weighted by Crippen LogP contribution is -2.46. The van der Waals surface area contributed by atoms with Crippen molar-refractivity contribution >= 4 is 10.0 Å². The van der Waals surface area contributed by atoms with E-state index in [0.717, 1.165) is 19.4 Å². The molecule has 1 atom stereocenters. The smallest absolute Gasteiger partial charge is 0.243 e. The van der Waals surface area contributed by atoms with E-state index >= 15 is 0 Å². The molecule has 1 heterocycles. The number of nitrogens with zero attached hydrogens (tertiary/aromatic N) is 1. The lowest BCUT2D eigenvalue weighted by atomic mass is 9.98. The molecule has 0 aromatic heterocycles. The number of sulfonamides is 1. The van der Waals surface area contributed by atoms with Gasteiger partial charge >= 0.3 is 0 Å². The van der Waals surface area contributed by atoms with Gasteiger partial charge in [-0.05, 0) is 58.2 Å². The maximum Gasteiger partial charge on any atom is 0.243 e. The predicted molar refractivity (Wildman–Crippen MR) is 85.7 cm³/mol. The Morgan fingerprint density at radius 2 is 1.90 bits per heavy atom. The molecule has 1 saturated heterocycles. The maximum absolute atomic E-state index is 12.6. The minimum atomic E-state index is -3.34. The van der Waals surface area contributed by atoms with Gasteiger partial charge in [-0.25, -0.2) is 8.42 Å². The Kier molecular flexibility index (Phi) is 5.07. The van der Waals surface area contributed by atoms with E-state index in [2.05, 4.69) is 26.1 Å². The lowest BCUT2D eigenvalue weighted by molar-refractivity contribution is 0.245. The van der Waals surface area contributed by atoms with E-state index in [4.69, 9.17) is 0 Å². The molecule has 2 rings (SSSR count). The van der Waals surface area contributed by atoms with Gasteiger partial charge in [-0.2, -0.15) is 4.31 Å². The van der Waals surface area contributed by atoms with Crippen LogP contribution in [-0.4, -0.2) is 37.9 Å². The quantitative estimate of drug-likeness (QED) is 0.929. The Labute approximate surface area is 128 Å². The van der Waals surface area contributed by atoms with Gasteiger partial charge in [-0.15, -0.1) is 0 Å². The minimum Gasteiger partial charge on any atom is -0.312 e. The van der Waals surface area contributed by atoms with Crippen LogP contribution >= 0.6 is 0 Å². The molecule has 0 bridgehead atoms. The van der Waals surface area contributed by atoms with Gasteiger partial charge in [0.2, 0.25) is 10.0 Å². The first kappa shape index (κ1) is 16.5. The minimum absolute atomic E-state index is 0.0700. The third-order valence-corrected chi connectivity index (χ3v) is 5.66. The van der Waals surface area contributed by atoms with Crippen LogP contribution in [0, 0.1) is 5.92 Å². The van der Waals surface area contributed by atoms with Crippen molar-refractivity contribution in [3.05, 3.63) is 30.3 Å². The van der Waals surface area contributed by atoms with E-state index in [1.165, 1.54) is 0 Å². The summed E-state index contributed by atoms with van der Waals surface area (Å²) in [4.78, 5) is 0.398. The highest BCUT2D eigenvalue weighted by Gasteiger charge is 2.30. The van der Waals surface area contributed by atoms with Gasteiger partial charge in [0, 0.05) is 18.6 Å². The number of hydrogen-bond donors (Lipinski definition) is 1. The lowest BCUT2D eigenvalue weighted by Gasteiger charge is -2.33. The molecule has 1 aliphatic heterocycles. The zero-order chi connectivity index (χ0) is 15.5. The Bertz CT molecular complexity index is 549. The van der Waals surface area contributed by atoms with Crippen LogP contribution < -0.4 is 5.32 Å². The van der Waals surface area contributed by atoms with E-state index in [-0.39, 0.29) is 5.54 Å². The second-order valence-corrected chi connectivity index (χ2v) is 8.75. The topological polar surface area (TPSA) is 49.4 Å². The third kappa shape index (κ3) is 4.53. The monoisotopic (exact) mass is 310 g/mol. The third-order valence-electron chi connectivity index (χ3n) is 3.78. The first-order valence-corrected chi connectivity index (χ1v) is 9.03. The summed E-state index contributed by atoms with van der Waals surface area (Å²) >= 11 is 0. The van der Waals surface area contributed by atoms with E-state index in [1.54, 1.807) is 28.6 Å². The van der Waals surface area contributed by atoms with Crippen molar-refractivity contribution in [2.75, 3.05) is 19.6 Å². The van der Waals surface area contributed by atoms with Gasteiger partial charge < -0.3 is 5.32 Å². The van der Waals surface area contributed by atoms with Crippen LogP contribution in [0.3, 0.4) is 0 Å². The number of hydrogen-bond acceptors (Lipinski definition) is 3. The van der Waals surface area contributed by atoms with Gasteiger partial charge in [0.05, 0.1) is 4.90 Å². The van der Waals surface area contributed by atoms with E-state index in [1.807, 2.05) is 6.07 Å². The summed E-state index contributed by atoms with van der Waals surface area (Å²) in [6, 6.07) is 8.73. The second kappa shape index (κ2) is 6.46. The van der Waals surface area contributed by atoms with Gasteiger partial charge in [-0.1, -0.05) is 18.2 Å². The Hall–Kier alpha value is -0.910. The molecule has 1 fully saturated rings. The fourth-order valence-electron chi connectivity index (χ4n) is 2.60. The molecule has 1 N–H and O–H groups in total. The molecule has 1 aromatic carbocycles. The maximum atomic E-state index is 12.6. The summed E-state index contributed by atoms with van der Waals surface area (Å²) in [7, 11) is -3.34. The van der Waals surface area contributed by atoms with E-state index < -0.39 is 10.0 Å². The van der Waals surface area contributed by atoms with Crippen molar-refractivity contribution in [2.45, 2.75) is 44.0 Å².